The van der Waals surface area contributed by atoms with Crippen LogP contribution in [0, 0.1) is 6.92 Å². The first-order valence-corrected chi connectivity index (χ1v) is 9.34. The van der Waals surface area contributed by atoms with Gasteiger partial charge in [0.1, 0.15) is 6.10 Å². The number of fused-ring (bicyclic) bond motifs is 1. The Hall–Kier alpha value is -2.04. The van der Waals surface area contributed by atoms with Crippen LogP contribution in [0.1, 0.15) is 24.2 Å². The minimum atomic E-state index is -0.381. The van der Waals surface area contributed by atoms with E-state index in [1.807, 2.05) is 62.4 Å². The van der Waals surface area contributed by atoms with Crippen molar-refractivity contribution in [2.75, 3.05) is 5.75 Å². The van der Waals surface area contributed by atoms with Crippen molar-refractivity contribution >= 4 is 40.2 Å². The molecular weight excluding hydrogens is 354 g/mol. The van der Waals surface area contributed by atoms with Crippen LogP contribution in [-0.4, -0.2) is 16.7 Å². The van der Waals surface area contributed by atoms with E-state index in [9.17, 15) is 4.79 Å². The van der Waals surface area contributed by atoms with E-state index in [1.165, 1.54) is 11.8 Å². The third-order valence-electron chi connectivity index (χ3n) is 3.89. The molecule has 1 heterocycles. The van der Waals surface area contributed by atoms with Crippen LogP contribution < -0.4 is 0 Å². The zero-order valence-electron chi connectivity index (χ0n) is 14.0. The Labute approximate surface area is 156 Å². The predicted octanol–water partition coefficient (Wildman–Crippen LogP) is 5.59. The van der Waals surface area contributed by atoms with Gasteiger partial charge in [0.05, 0.1) is 16.3 Å². The fraction of sp³-hybridized carbons (Fsp3) is 0.200. The highest BCUT2D eigenvalue weighted by Crippen LogP contribution is 2.27. The number of benzene rings is 2. The number of aryl methyl sites for hydroxylation is 1. The summed E-state index contributed by atoms with van der Waals surface area (Å²) in [5.41, 5.74) is 2.89. The Morgan fingerprint density at radius 1 is 1.20 bits per heavy atom. The maximum atomic E-state index is 12.1. The number of hydrogen-bond donors (Lipinski definition) is 0. The molecule has 0 fully saturated rings. The number of esters is 1. The standard InChI is InChI=1S/C20H18ClNO2S/c1-13-11-19(22-18-10-6-4-7-15(13)18)25-12-20(23)24-14(2)16-8-3-5-9-17(16)21/h3-11,14H,12H2,1-2H3/t14-/m0/s1. The number of rotatable bonds is 5. The highest BCUT2D eigenvalue weighted by Gasteiger charge is 2.15. The van der Waals surface area contributed by atoms with Crippen molar-refractivity contribution in [3.63, 3.8) is 0 Å². The lowest BCUT2D eigenvalue weighted by Gasteiger charge is -2.14. The van der Waals surface area contributed by atoms with Gasteiger partial charge in [0, 0.05) is 16.0 Å². The molecule has 0 radical (unpaired) electrons. The maximum absolute atomic E-state index is 12.1. The van der Waals surface area contributed by atoms with Crippen LogP contribution in [0.4, 0.5) is 0 Å². The molecule has 1 aromatic heterocycles. The highest BCUT2D eigenvalue weighted by molar-refractivity contribution is 7.99. The van der Waals surface area contributed by atoms with E-state index in [0.717, 1.165) is 27.1 Å². The molecular formula is C20H18ClNO2S. The lowest BCUT2D eigenvalue weighted by Crippen LogP contribution is -2.11. The van der Waals surface area contributed by atoms with Gasteiger partial charge >= 0.3 is 5.97 Å². The first-order chi connectivity index (χ1) is 12.0. The monoisotopic (exact) mass is 371 g/mol. The second-order valence-electron chi connectivity index (χ2n) is 5.74. The molecule has 0 aliphatic heterocycles. The minimum Gasteiger partial charge on any atom is -0.457 e. The van der Waals surface area contributed by atoms with Crippen LogP contribution in [0.25, 0.3) is 10.9 Å². The molecule has 128 valence electrons. The van der Waals surface area contributed by atoms with Crippen LogP contribution in [0.5, 0.6) is 0 Å². The third-order valence-corrected chi connectivity index (χ3v) is 5.12. The van der Waals surface area contributed by atoms with Crippen molar-refractivity contribution in [3.8, 4) is 0 Å². The number of ether oxygens (including phenoxy) is 1. The van der Waals surface area contributed by atoms with Gasteiger partial charge in [0.2, 0.25) is 0 Å². The van der Waals surface area contributed by atoms with Gasteiger partial charge in [0.25, 0.3) is 0 Å². The number of para-hydroxylation sites is 1. The summed E-state index contributed by atoms with van der Waals surface area (Å²) >= 11 is 7.52. The summed E-state index contributed by atoms with van der Waals surface area (Å²) in [6.45, 7) is 3.87. The zero-order chi connectivity index (χ0) is 17.8. The lowest BCUT2D eigenvalue weighted by atomic mass is 10.1. The lowest BCUT2D eigenvalue weighted by molar-refractivity contribution is -0.145. The van der Waals surface area contributed by atoms with Crippen molar-refractivity contribution in [1.82, 2.24) is 4.98 Å². The fourth-order valence-corrected chi connectivity index (χ4v) is 3.67. The molecule has 2 aromatic carbocycles. The summed E-state index contributed by atoms with van der Waals surface area (Å²) in [7, 11) is 0. The van der Waals surface area contributed by atoms with Gasteiger partial charge in [-0.25, -0.2) is 4.98 Å². The minimum absolute atomic E-state index is 0.208. The van der Waals surface area contributed by atoms with Crippen molar-refractivity contribution in [2.24, 2.45) is 0 Å². The Kier molecular flexibility index (Phi) is 5.61. The number of hydrogen-bond acceptors (Lipinski definition) is 4. The van der Waals surface area contributed by atoms with E-state index in [-0.39, 0.29) is 17.8 Å². The number of nitrogens with zero attached hydrogens (tertiary/aromatic N) is 1. The number of aromatic nitrogens is 1. The number of halogens is 1. The number of carbonyl (C=O) groups is 1. The quantitative estimate of drug-likeness (QED) is 0.432. The van der Waals surface area contributed by atoms with E-state index in [0.29, 0.717) is 5.02 Å². The van der Waals surface area contributed by atoms with E-state index >= 15 is 0 Å². The Bertz CT molecular complexity index is 913. The smallest absolute Gasteiger partial charge is 0.316 e. The number of pyridine rings is 1. The predicted molar refractivity (Wildman–Crippen MR) is 103 cm³/mol. The topological polar surface area (TPSA) is 39.2 Å². The molecule has 0 unspecified atom stereocenters. The van der Waals surface area contributed by atoms with Crippen molar-refractivity contribution < 1.29 is 9.53 Å². The molecule has 0 N–H and O–H groups in total. The normalized spacial score (nSPS) is 12.1. The average molecular weight is 372 g/mol. The number of carbonyl (C=O) groups excluding carboxylic acids is 1. The molecule has 0 bridgehead atoms. The number of thioether (sulfide) groups is 1. The molecule has 5 heteroatoms. The van der Waals surface area contributed by atoms with Crippen molar-refractivity contribution in [3.05, 3.63) is 70.7 Å². The van der Waals surface area contributed by atoms with Crippen LogP contribution in [0.2, 0.25) is 5.02 Å². The van der Waals surface area contributed by atoms with Crippen LogP contribution in [0.15, 0.2) is 59.6 Å². The molecule has 0 spiro atoms. The maximum Gasteiger partial charge on any atom is 0.316 e. The Morgan fingerprint density at radius 2 is 1.92 bits per heavy atom. The van der Waals surface area contributed by atoms with Crippen molar-refractivity contribution in [2.45, 2.75) is 25.0 Å². The van der Waals surface area contributed by atoms with Gasteiger partial charge in [-0.15, -0.1) is 0 Å². The van der Waals surface area contributed by atoms with E-state index in [2.05, 4.69) is 4.98 Å². The molecule has 3 nitrogen and oxygen atoms in total. The van der Waals surface area contributed by atoms with Crippen molar-refractivity contribution in [1.29, 1.82) is 0 Å². The summed E-state index contributed by atoms with van der Waals surface area (Å²) in [4.78, 5) is 16.7. The third kappa shape index (κ3) is 4.33. The second-order valence-corrected chi connectivity index (χ2v) is 7.14. The van der Waals surface area contributed by atoms with Gasteiger partial charge in [-0.3, -0.25) is 4.79 Å². The molecule has 0 saturated carbocycles. The first-order valence-electron chi connectivity index (χ1n) is 7.97. The summed E-state index contributed by atoms with van der Waals surface area (Å²) < 4.78 is 5.48. The Balaban J connectivity index is 1.63. The largest absolute Gasteiger partial charge is 0.457 e. The van der Waals surface area contributed by atoms with Crippen LogP contribution in [0.3, 0.4) is 0 Å². The second kappa shape index (κ2) is 7.89. The molecule has 0 amide bonds. The summed E-state index contributed by atoms with van der Waals surface area (Å²) in [6.07, 6.45) is -0.381. The molecule has 0 saturated heterocycles. The van der Waals surface area contributed by atoms with Gasteiger partial charge in [-0.05, 0) is 37.6 Å². The molecule has 3 aromatic rings. The Morgan fingerprint density at radius 3 is 2.72 bits per heavy atom. The molecule has 0 aliphatic rings. The van der Waals surface area contributed by atoms with Gasteiger partial charge in [-0.2, -0.15) is 0 Å². The van der Waals surface area contributed by atoms with Crippen LogP contribution in [-0.2, 0) is 9.53 Å². The van der Waals surface area contributed by atoms with E-state index in [4.69, 9.17) is 16.3 Å². The summed E-state index contributed by atoms with van der Waals surface area (Å²) in [5.74, 6) is -0.0791. The highest BCUT2D eigenvalue weighted by atomic mass is 35.5. The molecule has 25 heavy (non-hydrogen) atoms. The van der Waals surface area contributed by atoms with Gasteiger partial charge < -0.3 is 4.74 Å². The summed E-state index contributed by atoms with van der Waals surface area (Å²) in [5, 5.41) is 2.54. The van der Waals surface area contributed by atoms with Gasteiger partial charge in [-0.1, -0.05) is 59.8 Å². The first kappa shape index (κ1) is 17.8. The summed E-state index contributed by atoms with van der Waals surface area (Å²) in [6, 6.07) is 17.4. The SMILES string of the molecule is Cc1cc(SCC(=O)O[C@@H](C)c2ccccc2Cl)nc2ccccc12. The molecule has 1 atom stereocenters. The van der Waals surface area contributed by atoms with E-state index in [1.54, 1.807) is 6.07 Å². The fourth-order valence-electron chi connectivity index (χ4n) is 2.62. The zero-order valence-corrected chi connectivity index (χ0v) is 15.6. The van der Waals surface area contributed by atoms with Gasteiger partial charge in [0.15, 0.2) is 0 Å². The molecule has 0 aliphatic carbocycles. The molecule has 3 rings (SSSR count). The van der Waals surface area contributed by atoms with Crippen LogP contribution >= 0.6 is 23.4 Å². The van der Waals surface area contributed by atoms with E-state index < -0.39 is 0 Å². The average Bonchev–Trinajstić information content (AvgIpc) is 2.60.